The van der Waals surface area contributed by atoms with Crippen molar-refractivity contribution in [3.8, 4) is 0 Å². The van der Waals surface area contributed by atoms with Crippen LogP contribution in [0.1, 0.15) is 11.3 Å². The summed E-state index contributed by atoms with van der Waals surface area (Å²) in [7, 11) is -1.60. The molecule has 2 unspecified atom stereocenters. The van der Waals surface area contributed by atoms with Gasteiger partial charge in [0.2, 0.25) is 0 Å². The van der Waals surface area contributed by atoms with Crippen molar-refractivity contribution in [1.29, 1.82) is 0 Å². The number of nitrogens with zero attached hydrogens (tertiary/aromatic N) is 3. The first-order chi connectivity index (χ1) is 12.9. The normalized spacial score (nSPS) is 25.6. The van der Waals surface area contributed by atoms with Gasteiger partial charge in [0, 0.05) is 47.7 Å². The summed E-state index contributed by atoms with van der Waals surface area (Å²) in [6, 6.07) is 5.66. The summed E-state index contributed by atoms with van der Waals surface area (Å²) in [6.07, 6.45) is 0.955. The number of hydrogen-bond donors (Lipinski definition) is 2. The molecular weight excluding hydrogens is 406 g/mol. The molecule has 1 aromatic carbocycles. The lowest BCUT2D eigenvalue weighted by atomic mass is 10.0. The molecule has 0 aliphatic carbocycles. The lowest BCUT2D eigenvalue weighted by Gasteiger charge is -2.24. The Labute approximate surface area is 167 Å². The van der Waals surface area contributed by atoms with E-state index in [1.54, 1.807) is 22.7 Å². The van der Waals surface area contributed by atoms with Gasteiger partial charge in [0.05, 0.1) is 0 Å². The molecule has 0 amide bonds. The molecule has 0 bridgehead atoms. The average molecular weight is 426 g/mol. The maximum absolute atomic E-state index is 13.0. The molecule has 2 aromatic rings. The lowest BCUT2D eigenvalue weighted by Crippen LogP contribution is -2.44. The van der Waals surface area contributed by atoms with Crippen molar-refractivity contribution in [3.63, 3.8) is 0 Å². The van der Waals surface area contributed by atoms with Gasteiger partial charge < -0.3 is 14.8 Å². The summed E-state index contributed by atoms with van der Waals surface area (Å²) < 4.78 is 28.8. The van der Waals surface area contributed by atoms with Gasteiger partial charge in [0.25, 0.3) is 10.0 Å². The number of fused-ring (bicyclic) bond motifs is 4. The van der Waals surface area contributed by atoms with E-state index in [2.05, 4.69) is 26.6 Å². The van der Waals surface area contributed by atoms with E-state index in [-0.39, 0.29) is 0 Å². The van der Waals surface area contributed by atoms with Crippen molar-refractivity contribution < 1.29 is 8.42 Å². The van der Waals surface area contributed by atoms with Crippen molar-refractivity contribution >= 4 is 55.1 Å². The number of H-pyrrole nitrogens is 1. The number of alkyl halides is 1. The molecule has 0 radical (unpaired) electrons. The molecule has 2 N–H and O–H groups in total. The summed E-state index contributed by atoms with van der Waals surface area (Å²) in [5.74, 6) is 0.838. The second kappa shape index (κ2) is 6.30. The third kappa shape index (κ3) is 2.91. The molecule has 2 atom stereocenters. The molecule has 1 saturated heterocycles. The van der Waals surface area contributed by atoms with Gasteiger partial charge in [0.15, 0.2) is 16.0 Å². The molecule has 5 rings (SSSR count). The van der Waals surface area contributed by atoms with Gasteiger partial charge in [-0.2, -0.15) is 0 Å². The van der Waals surface area contributed by atoms with Crippen LogP contribution in [0.15, 0.2) is 23.2 Å². The van der Waals surface area contributed by atoms with Crippen LogP contribution < -0.4 is 4.72 Å². The molecule has 0 saturated carbocycles. The molecule has 0 spiro atoms. The molecular formula is C17H20ClN5O2S2. The van der Waals surface area contributed by atoms with Crippen molar-refractivity contribution in [2.45, 2.75) is 23.8 Å². The first-order valence-electron chi connectivity index (χ1n) is 8.87. The molecule has 27 heavy (non-hydrogen) atoms. The fourth-order valence-corrected chi connectivity index (χ4v) is 7.32. The minimum Gasteiger partial charge on any atom is -0.357 e. The van der Waals surface area contributed by atoms with E-state index < -0.39 is 20.9 Å². The minimum atomic E-state index is -3.70. The van der Waals surface area contributed by atoms with Crippen molar-refractivity contribution in [2.24, 2.45) is 4.99 Å². The number of amidine groups is 1. The summed E-state index contributed by atoms with van der Waals surface area (Å²) in [6.45, 7) is 2.53. The maximum atomic E-state index is 13.0. The van der Waals surface area contributed by atoms with Crippen LogP contribution in [0.4, 0.5) is 5.69 Å². The molecule has 1 aromatic heterocycles. The number of aliphatic imine (C=N–C) groups is 1. The van der Waals surface area contributed by atoms with Crippen LogP contribution in [0, 0.1) is 0 Å². The third-order valence-corrected chi connectivity index (χ3v) is 8.47. The Balaban J connectivity index is 1.46. The summed E-state index contributed by atoms with van der Waals surface area (Å²) in [5.41, 5.74) is 3.30. The zero-order chi connectivity index (χ0) is 18.8. The number of halogens is 1. The van der Waals surface area contributed by atoms with Crippen LogP contribution >= 0.6 is 23.4 Å². The lowest BCUT2D eigenvalue weighted by molar-refractivity contribution is 0.310. The second-order valence-corrected chi connectivity index (χ2v) is 10.5. The van der Waals surface area contributed by atoms with Gasteiger partial charge in [0.1, 0.15) is 0 Å². The Morgan fingerprint density at radius 2 is 2.22 bits per heavy atom. The van der Waals surface area contributed by atoms with Gasteiger partial charge in [-0.05, 0) is 37.2 Å². The van der Waals surface area contributed by atoms with E-state index in [4.69, 9.17) is 11.6 Å². The second-order valence-electron chi connectivity index (χ2n) is 7.19. The Hall–Kier alpha value is -1.42. The topological polar surface area (TPSA) is 80.8 Å². The Morgan fingerprint density at radius 3 is 3.07 bits per heavy atom. The van der Waals surface area contributed by atoms with Crippen LogP contribution in [0.25, 0.3) is 10.9 Å². The van der Waals surface area contributed by atoms with Gasteiger partial charge in [-0.25, -0.2) is 13.4 Å². The Morgan fingerprint density at radius 1 is 1.37 bits per heavy atom. The maximum Gasteiger partial charge on any atom is 0.257 e. The zero-order valence-corrected chi connectivity index (χ0v) is 17.2. The Bertz CT molecular complexity index is 1050. The fraction of sp³-hybridized carbons (Fsp3) is 0.471. The minimum absolute atomic E-state index is 0.562. The highest BCUT2D eigenvalue weighted by atomic mass is 35.5. The largest absolute Gasteiger partial charge is 0.357 e. The smallest absolute Gasteiger partial charge is 0.257 e. The summed E-state index contributed by atoms with van der Waals surface area (Å²) >= 11 is 7.80. The highest BCUT2D eigenvalue weighted by Gasteiger charge is 2.46. The number of rotatable bonds is 3. The van der Waals surface area contributed by atoms with Crippen LogP contribution in [-0.2, 0) is 23.0 Å². The predicted octanol–water partition coefficient (Wildman–Crippen LogP) is 2.21. The van der Waals surface area contributed by atoms with Crippen LogP contribution in [-0.4, -0.2) is 65.1 Å². The number of likely N-dealkylation sites (N-methyl/N-ethyl adjacent to an activating group) is 1. The van der Waals surface area contributed by atoms with Crippen molar-refractivity contribution in [2.75, 3.05) is 30.6 Å². The van der Waals surface area contributed by atoms with E-state index in [9.17, 15) is 8.42 Å². The van der Waals surface area contributed by atoms with Gasteiger partial charge in [-0.1, -0.05) is 23.4 Å². The van der Waals surface area contributed by atoms with Crippen molar-refractivity contribution in [3.05, 3.63) is 29.5 Å². The number of anilines is 1. The highest BCUT2D eigenvalue weighted by molar-refractivity contribution is 8.14. The monoisotopic (exact) mass is 425 g/mol. The van der Waals surface area contributed by atoms with E-state index in [1.165, 1.54) is 11.3 Å². The molecule has 1 fully saturated rings. The number of benzene rings is 1. The van der Waals surface area contributed by atoms with Gasteiger partial charge in [-0.3, -0.25) is 4.72 Å². The van der Waals surface area contributed by atoms with E-state index in [1.807, 2.05) is 12.1 Å². The number of aromatic amines is 1. The SMILES string of the molecule is CN1CCc2c([nH]c3ccc(NS(=O)(=O)C4C(Cl)N=C5SCCN54)cc23)C1. The van der Waals surface area contributed by atoms with Crippen LogP contribution in [0.2, 0.25) is 0 Å². The number of thioether (sulfide) groups is 1. The van der Waals surface area contributed by atoms with E-state index in [0.29, 0.717) is 12.2 Å². The molecule has 7 nitrogen and oxygen atoms in total. The summed E-state index contributed by atoms with van der Waals surface area (Å²) in [4.78, 5) is 11.8. The fourth-order valence-electron chi connectivity index (χ4n) is 4.06. The van der Waals surface area contributed by atoms with Crippen LogP contribution in [0.3, 0.4) is 0 Å². The highest BCUT2D eigenvalue weighted by Crippen LogP contribution is 2.35. The third-order valence-electron chi connectivity index (χ3n) is 5.33. The number of aromatic nitrogens is 1. The first kappa shape index (κ1) is 17.7. The number of hydrogen-bond acceptors (Lipinski definition) is 6. The average Bonchev–Trinajstić information content (AvgIpc) is 3.25. The van der Waals surface area contributed by atoms with Gasteiger partial charge in [-0.15, -0.1) is 0 Å². The molecule has 144 valence electrons. The van der Waals surface area contributed by atoms with Crippen LogP contribution in [0.5, 0.6) is 0 Å². The Kier molecular flexibility index (Phi) is 4.12. The first-order valence-corrected chi connectivity index (χ1v) is 11.8. The molecule has 3 aliphatic heterocycles. The number of sulfonamides is 1. The van der Waals surface area contributed by atoms with E-state index >= 15 is 0 Å². The number of nitrogens with one attached hydrogen (secondary N) is 2. The molecule has 10 heteroatoms. The van der Waals surface area contributed by atoms with E-state index in [0.717, 1.165) is 41.3 Å². The summed E-state index contributed by atoms with van der Waals surface area (Å²) in [5, 5.41) is 0.944. The molecule has 3 aliphatic rings. The standard InChI is InChI=1S/C17H20ClN5O2S2/c1-22-5-4-11-12-8-10(2-3-13(12)19-14(11)9-22)21-27(24,25)16-15(18)20-17-23(16)6-7-26-17/h2-3,8,15-16,19,21H,4-7,9H2,1H3. The van der Waals surface area contributed by atoms with Crippen molar-refractivity contribution in [1.82, 2.24) is 14.8 Å². The zero-order valence-electron chi connectivity index (χ0n) is 14.8. The van der Waals surface area contributed by atoms with Gasteiger partial charge >= 0.3 is 0 Å². The molecule has 4 heterocycles. The predicted molar refractivity (Wildman–Crippen MR) is 111 cm³/mol. The quantitative estimate of drug-likeness (QED) is 0.582.